The number of fused-ring (bicyclic) bond motifs is 1. The minimum atomic E-state index is -0.592. The largest absolute Gasteiger partial charge is 0.481 e. The van der Waals surface area contributed by atoms with E-state index in [0.717, 1.165) is 19.4 Å². The van der Waals surface area contributed by atoms with Crippen molar-refractivity contribution in [2.24, 2.45) is 5.92 Å². The molecular weight excluding hydrogens is 166 g/mol. The van der Waals surface area contributed by atoms with E-state index in [1.54, 1.807) is 0 Å². The Kier molecular flexibility index (Phi) is 2.54. The van der Waals surface area contributed by atoms with Gasteiger partial charge in [-0.15, -0.1) is 0 Å². The van der Waals surface area contributed by atoms with E-state index in [-0.39, 0.29) is 5.92 Å². The van der Waals surface area contributed by atoms with Crippen molar-refractivity contribution in [1.82, 2.24) is 4.90 Å². The van der Waals surface area contributed by atoms with Crippen molar-refractivity contribution < 1.29 is 9.90 Å². The maximum atomic E-state index is 10.8. The van der Waals surface area contributed by atoms with Gasteiger partial charge in [-0.05, 0) is 38.8 Å². The molecule has 74 valence electrons. The van der Waals surface area contributed by atoms with Gasteiger partial charge in [0.15, 0.2) is 0 Å². The Hall–Kier alpha value is -0.570. The number of carboxylic acid groups (broad SMARTS) is 1. The van der Waals surface area contributed by atoms with Crippen molar-refractivity contribution in [3.63, 3.8) is 0 Å². The Morgan fingerprint density at radius 1 is 1.23 bits per heavy atom. The van der Waals surface area contributed by atoms with Crippen LogP contribution < -0.4 is 0 Å². The van der Waals surface area contributed by atoms with Crippen LogP contribution in [-0.2, 0) is 4.79 Å². The molecule has 2 aliphatic rings. The molecule has 0 spiro atoms. The van der Waals surface area contributed by atoms with Gasteiger partial charge in [0, 0.05) is 6.04 Å². The third-order valence-corrected chi connectivity index (χ3v) is 3.42. The van der Waals surface area contributed by atoms with Crippen LogP contribution in [0.25, 0.3) is 0 Å². The molecule has 0 aromatic rings. The number of nitrogens with zero attached hydrogens (tertiary/aromatic N) is 1. The fourth-order valence-electron chi connectivity index (χ4n) is 2.61. The summed E-state index contributed by atoms with van der Waals surface area (Å²) in [6.45, 7) is 2.19. The molecule has 0 aliphatic carbocycles. The third-order valence-electron chi connectivity index (χ3n) is 3.42. The molecule has 0 saturated carbocycles. The van der Waals surface area contributed by atoms with Crippen LogP contribution >= 0.6 is 0 Å². The quantitative estimate of drug-likeness (QED) is 0.666. The van der Waals surface area contributed by atoms with E-state index in [1.807, 2.05) is 0 Å². The first-order valence-corrected chi connectivity index (χ1v) is 5.24. The maximum Gasteiger partial charge on any atom is 0.306 e. The molecule has 1 N–H and O–H groups in total. The van der Waals surface area contributed by atoms with E-state index >= 15 is 0 Å². The van der Waals surface area contributed by atoms with Gasteiger partial charge in [-0.1, -0.05) is 6.42 Å². The van der Waals surface area contributed by atoms with Crippen molar-refractivity contribution in [3.8, 4) is 0 Å². The van der Waals surface area contributed by atoms with Crippen molar-refractivity contribution in [1.29, 1.82) is 0 Å². The maximum absolute atomic E-state index is 10.8. The van der Waals surface area contributed by atoms with E-state index in [9.17, 15) is 4.79 Å². The average Bonchev–Trinajstić information content (AvgIpc) is 2.17. The molecule has 3 nitrogen and oxygen atoms in total. The highest BCUT2D eigenvalue weighted by atomic mass is 16.4. The number of carboxylic acids is 1. The Bertz CT molecular complexity index is 205. The van der Waals surface area contributed by atoms with Gasteiger partial charge < -0.3 is 10.0 Å². The van der Waals surface area contributed by atoms with Crippen LogP contribution in [0.2, 0.25) is 0 Å². The first kappa shape index (κ1) is 9.00. The van der Waals surface area contributed by atoms with Crippen LogP contribution in [-0.4, -0.2) is 35.1 Å². The highest BCUT2D eigenvalue weighted by Crippen LogP contribution is 2.29. The number of hydrogen-bond acceptors (Lipinski definition) is 2. The van der Waals surface area contributed by atoms with Gasteiger partial charge in [0.1, 0.15) is 0 Å². The summed E-state index contributed by atoms with van der Waals surface area (Å²) in [6.07, 6.45) is 5.53. The van der Waals surface area contributed by atoms with Gasteiger partial charge in [0.25, 0.3) is 0 Å². The molecule has 0 unspecified atom stereocenters. The second-order valence-electron chi connectivity index (χ2n) is 4.25. The molecule has 2 heterocycles. The number of aliphatic carboxylic acids is 1. The molecule has 2 aliphatic heterocycles. The monoisotopic (exact) mass is 183 g/mol. The van der Waals surface area contributed by atoms with Gasteiger partial charge >= 0.3 is 5.97 Å². The second kappa shape index (κ2) is 3.66. The summed E-state index contributed by atoms with van der Waals surface area (Å²) >= 11 is 0. The summed E-state index contributed by atoms with van der Waals surface area (Å²) in [5.74, 6) is -0.662. The normalized spacial score (nSPS) is 35.4. The highest BCUT2D eigenvalue weighted by molar-refractivity contribution is 5.70. The Balaban J connectivity index is 1.95. The lowest BCUT2D eigenvalue weighted by atomic mass is 9.86. The predicted molar refractivity (Wildman–Crippen MR) is 49.6 cm³/mol. The summed E-state index contributed by atoms with van der Waals surface area (Å²) in [7, 11) is 0. The zero-order valence-electron chi connectivity index (χ0n) is 7.91. The van der Waals surface area contributed by atoms with E-state index in [1.165, 1.54) is 25.8 Å². The number of hydrogen-bond donors (Lipinski definition) is 1. The molecule has 2 rings (SSSR count). The fraction of sp³-hybridized carbons (Fsp3) is 0.900. The topological polar surface area (TPSA) is 40.5 Å². The summed E-state index contributed by atoms with van der Waals surface area (Å²) in [5, 5.41) is 8.91. The van der Waals surface area contributed by atoms with Crippen LogP contribution in [0.15, 0.2) is 0 Å². The van der Waals surface area contributed by atoms with E-state index in [2.05, 4.69) is 4.90 Å². The lowest BCUT2D eigenvalue weighted by molar-refractivity contribution is -0.144. The van der Waals surface area contributed by atoms with Crippen LogP contribution in [0.3, 0.4) is 0 Å². The summed E-state index contributed by atoms with van der Waals surface area (Å²) in [6, 6.07) is 0.573. The van der Waals surface area contributed by atoms with Gasteiger partial charge in [-0.3, -0.25) is 4.79 Å². The zero-order chi connectivity index (χ0) is 9.26. The summed E-state index contributed by atoms with van der Waals surface area (Å²) in [5.41, 5.74) is 0. The number of carbonyl (C=O) groups is 1. The standard InChI is InChI=1S/C10H17NO2/c12-10(13)8-4-6-11-5-2-1-3-9(11)7-8/h8-9H,1-7H2,(H,12,13)/t8-,9-/m1/s1. The van der Waals surface area contributed by atoms with Crippen molar-refractivity contribution >= 4 is 5.97 Å². The van der Waals surface area contributed by atoms with Gasteiger partial charge in [-0.25, -0.2) is 0 Å². The van der Waals surface area contributed by atoms with Gasteiger partial charge in [0.05, 0.1) is 5.92 Å². The molecule has 0 radical (unpaired) electrons. The predicted octanol–water partition coefficient (Wildman–Crippen LogP) is 1.34. The third kappa shape index (κ3) is 1.85. The molecular formula is C10H17NO2. The fourth-order valence-corrected chi connectivity index (χ4v) is 2.61. The lowest BCUT2D eigenvalue weighted by Gasteiger charge is -2.41. The van der Waals surface area contributed by atoms with Crippen LogP contribution in [0, 0.1) is 5.92 Å². The van der Waals surface area contributed by atoms with Gasteiger partial charge in [-0.2, -0.15) is 0 Å². The SMILES string of the molecule is O=C(O)[C@@H]1CCN2CCCC[C@@H]2C1. The highest BCUT2D eigenvalue weighted by Gasteiger charge is 2.32. The molecule has 2 saturated heterocycles. The molecule has 2 atom stereocenters. The Morgan fingerprint density at radius 3 is 2.85 bits per heavy atom. The molecule has 0 bridgehead atoms. The molecule has 0 aromatic heterocycles. The number of rotatable bonds is 1. The molecule has 0 aromatic carbocycles. The smallest absolute Gasteiger partial charge is 0.306 e. The average molecular weight is 183 g/mol. The zero-order valence-corrected chi connectivity index (χ0v) is 7.91. The molecule has 13 heavy (non-hydrogen) atoms. The van der Waals surface area contributed by atoms with E-state index < -0.39 is 5.97 Å². The minimum absolute atomic E-state index is 0.0700. The van der Waals surface area contributed by atoms with Crippen molar-refractivity contribution in [2.75, 3.05) is 13.1 Å². The van der Waals surface area contributed by atoms with Crippen LogP contribution in [0.1, 0.15) is 32.1 Å². The van der Waals surface area contributed by atoms with Crippen LogP contribution in [0.4, 0.5) is 0 Å². The molecule has 2 fully saturated rings. The molecule has 3 heteroatoms. The van der Waals surface area contributed by atoms with E-state index in [0.29, 0.717) is 6.04 Å². The van der Waals surface area contributed by atoms with Crippen LogP contribution in [0.5, 0.6) is 0 Å². The Labute approximate surface area is 78.7 Å². The minimum Gasteiger partial charge on any atom is -0.481 e. The summed E-state index contributed by atoms with van der Waals surface area (Å²) in [4.78, 5) is 13.3. The van der Waals surface area contributed by atoms with Gasteiger partial charge in [0.2, 0.25) is 0 Å². The number of piperidine rings is 2. The van der Waals surface area contributed by atoms with Crippen molar-refractivity contribution in [3.05, 3.63) is 0 Å². The lowest BCUT2D eigenvalue weighted by Crippen LogP contribution is -2.46. The second-order valence-corrected chi connectivity index (χ2v) is 4.25. The Morgan fingerprint density at radius 2 is 2.08 bits per heavy atom. The first-order valence-electron chi connectivity index (χ1n) is 5.24. The molecule has 0 amide bonds. The van der Waals surface area contributed by atoms with E-state index in [4.69, 9.17) is 5.11 Å². The van der Waals surface area contributed by atoms with Crippen molar-refractivity contribution in [2.45, 2.75) is 38.1 Å². The first-order chi connectivity index (χ1) is 6.27. The summed E-state index contributed by atoms with van der Waals surface area (Å²) < 4.78 is 0.